The maximum Gasteiger partial charge on any atom is 0.191 e. The average molecular weight is 398 g/mol. The standard InChI is InChI=1S/C19H25Cl2N3S/c1-2-24-18(11-9-14-6-4-3-5-7-14)22-23-19(24)25-13-15-8-10-16(20)17(21)12-15/h8,10,12,14H,2-7,9,11,13H2,1H3. The first-order valence-electron chi connectivity index (χ1n) is 9.16. The number of hydrogen-bond donors (Lipinski definition) is 0. The highest BCUT2D eigenvalue weighted by molar-refractivity contribution is 7.98. The fraction of sp³-hybridized carbons (Fsp3) is 0.579. The summed E-state index contributed by atoms with van der Waals surface area (Å²) in [5.74, 6) is 2.82. The van der Waals surface area contributed by atoms with Crippen LogP contribution in [-0.2, 0) is 18.7 Å². The van der Waals surface area contributed by atoms with Crippen LogP contribution in [0, 0.1) is 5.92 Å². The molecule has 136 valence electrons. The number of benzene rings is 1. The van der Waals surface area contributed by atoms with E-state index < -0.39 is 0 Å². The van der Waals surface area contributed by atoms with Gasteiger partial charge in [-0.1, -0.05) is 73.1 Å². The topological polar surface area (TPSA) is 30.7 Å². The molecule has 1 aromatic carbocycles. The number of aromatic nitrogens is 3. The highest BCUT2D eigenvalue weighted by atomic mass is 35.5. The van der Waals surface area contributed by atoms with Gasteiger partial charge in [0.25, 0.3) is 0 Å². The molecule has 0 aliphatic heterocycles. The zero-order valence-electron chi connectivity index (χ0n) is 14.7. The monoisotopic (exact) mass is 397 g/mol. The van der Waals surface area contributed by atoms with E-state index in [1.807, 2.05) is 18.2 Å². The fourth-order valence-corrected chi connectivity index (χ4v) is 4.80. The molecule has 1 aliphatic carbocycles. The van der Waals surface area contributed by atoms with Gasteiger partial charge in [-0.2, -0.15) is 0 Å². The molecule has 2 aromatic rings. The Morgan fingerprint density at radius 3 is 2.64 bits per heavy atom. The van der Waals surface area contributed by atoms with E-state index >= 15 is 0 Å². The summed E-state index contributed by atoms with van der Waals surface area (Å²) in [4.78, 5) is 0. The number of nitrogens with zero attached hydrogens (tertiary/aromatic N) is 3. The molecule has 1 heterocycles. The van der Waals surface area contributed by atoms with Gasteiger partial charge < -0.3 is 4.57 Å². The highest BCUT2D eigenvalue weighted by Crippen LogP contribution is 2.29. The Morgan fingerprint density at radius 1 is 1.12 bits per heavy atom. The van der Waals surface area contributed by atoms with Crippen LogP contribution in [0.5, 0.6) is 0 Å². The number of halogens is 2. The van der Waals surface area contributed by atoms with Crippen LogP contribution in [0.2, 0.25) is 10.0 Å². The average Bonchev–Trinajstić information content (AvgIpc) is 3.03. The summed E-state index contributed by atoms with van der Waals surface area (Å²) in [6.45, 7) is 3.08. The molecule has 1 aromatic heterocycles. The quantitative estimate of drug-likeness (QED) is 0.505. The molecule has 0 atom stereocenters. The maximum atomic E-state index is 6.10. The number of thioether (sulfide) groups is 1. The fourth-order valence-electron chi connectivity index (χ4n) is 3.51. The molecule has 0 radical (unpaired) electrons. The van der Waals surface area contributed by atoms with Crippen molar-refractivity contribution in [1.82, 2.24) is 14.8 Å². The van der Waals surface area contributed by atoms with Gasteiger partial charge in [-0.15, -0.1) is 10.2 Å². The van der Waals surface area contributed by atoms with E-state index in [2.05, 4.69) is 21.7 Å². The number of hydrogen-bond acceptors (Lipinski definition) is 3. The normalized spacial score (nSPS) is 15.6. The van der Waals surface area contributed by atoms with Crippen molar-refractivity contribution >= 4 is 35.0 Å². The summed E-state index contributed by atoms with van der Waals surface area (Å²) in [5.41, 5.74) is 1.15. The van der Waals surface area contributed by atoms with Gasteiger partial charge in [-0.3, -0.25) is 0 Å². The van der Waals surface area contributed by atoms with E-state index in [9.17, 15) is 0 Å². The second kappa shape index (κ2) is 9.29. The van der Waals surface area contributed by atoms with Crippen molar-refractivity contribution in [2.45, 2.75) is 69.3 Å². The van der Waals surface area contributed by atoms with Crippen molar-refractivity contribution in [2.24, 2.45) is 5.92 Å². The maximum absolute atomic E-state index is 6.10. The summed E-state index contributed by atoms with van der Waals surface area (Å²) in [5, 5.41) is 11.1. The van der Waals surface area contributed by atoms with Gasteiger partial charge in [0.05, 0.1) is 10.0 Å². The third-order valence-electron chi connectivity index (χ3n) is 4.96. The molecule has 6 heteroatoms. The zero-order chi connectivity index (χ0) is 17.6. The number of aryl methyl sites for hydroxylation is 1. The Bertz CT molecular complexity index is 696. The summed E-state index contributed by atoms with van der Waals surface area (Å²) < 4.78 is 2.25. The summed E-state index contributed by atoms with van der Waals surface area (Å²) in [7, 11) is 0. The lowest BCUT2D eigenvalue weighted by molar-refractivity contribution is 0.335. The minimum atomic E-state index is 0.595. The van der Waals surface area contributed by atoms with Crippen LogP contribution in [0.1, 0.15) is 56.8 Å². The predicted molar refractivity (Wildman–Crippen MR) is 107 cm³/mol. The summed E-state index contributed by atoms with van der Waals surface area (Å²) in [6, 6.07) is 5.78. The number of rotatable bonds is 7. The minimum Gasteiger partial charge on any atom is -0.306 e. The second-order valence-corrected chi connectivity index (χ2v) is 8.48. The lowest BCUT2D eigenvalue weighted by Crippen LogP contribution is -2.10. The van der Waals surface area contributed by atoms with Gasteiger partial charge in [0, 0.05) is 18.7 Å². The van der Waals surface area contributed by atoms with Gasteiger partial charge in [-0.25, -0.2) is 0 Å². The summed E-state index contributed by atoms with van der Waals surface area (Å²) in [6.07, 6.45) is 9.27. The molecule has 0 amide bonds. The van der Waals surface area contributed by atoms with Crippen LogP contribution >= 0.6 is 35.0 Å². The minimum absolute atomic E-state index is 0.595. The van der Waals surface area contributed by atoms with Crippen molar-refractivity contribution in [2.75, 3.05) is 0 Å². The Morgan fingerprint density at radius 2 is 1.92 bits per heavy atom. The molecule has 0 bridgehead atoms. The Hall–Kier alpha value is -0.710. The SMILES string of the molecule is CCn1c(CCC2CCCCC2)nnc1SCc1ccc(Cl)c(Cl)c1. The van der Waals surface area contributed by atoms with E-state index in [4.69, 9.17) is 23.2 Å². The lowest BCUT2D eigenvalue weighted by Gasteiger charge is -2.21. The van der Waals surface area contributed by atoms with Crippen LogP contribution in [0.4, 0.5) is 0 Å². The molecule has 0 saturated heterocycles. The van der Waals surface area contributed by atoms with Crippen molar-refractivity contribution in [3.8, 4) is 0 Å². The zero-order valence-corrected chi connectivity index (χ0v) is 17.0. The molecule has 0 spiro atoms. The van der Waals surface area contributed by atoms with Gasteiger partial charge in [0.1, 0.15) is 5.82 Å². The molecule has 3 nitrogen and oxygen atoms in total. The van der Waals surface area contributed by atoms with E-state index in [1.165, 1.54) is 38.5 Å². The van der Waals surface area contributed by atoms with Crippen molar-refractivity contribution in [1.29, 1.82) is 0 Å². The van der Waals surface area contributed by atoms with Crippen LogP contribution in [-0.4, -0.2) is 14.8 Å². The van der Waals surface area contributed by atoms with E-state index in [-0.39, 0.29) is 0 Å². The predicted octanol–water partition coefficient (Wildman–Crippen LogP) is 6.41. The molecule has 3 rings (SSSR count). The van der Waals surface area contributed by atoms with Crippen LogP contribution in [0.25, 0.3) is 0 Å². The lowest BCUT2D eigenvalue weighted by atomic mass is 9.86. The third kappa shape index (κ3) is 5.15. The molecule has 1 fully saturated rings. The summed E-state index contributed by atoms with van der Waals surface area (Å²) >= 11 is 13.8. The molecular formula is C19H25Cl2N3S. The van der Waals surface area contributed by atoms with Gasteiger partial charge in [-0.05, 0) is 37.0 Å². The largest absolute Gasteiger partial charge is 0.306 e. The third-order valence-corrected chi connectivity index (χ3v) is 6.74. The molecule has 1 saturated carbocycles. The van der Waals surface area contributed by atoms with Crippen molar-refractivity contribution in [3.05, 3.63) is 39.6 Å². The first kappa shape index (κ1) is 19.1. The van der Waals surface area contributed by atoms with Crippen LogP contribution < -0.4 is 0 Å². The first-order chi connectivity index (χ1) is 12.2. The molecular weight excluding hydrogens is 373 g/mol. The van der Waals surface area contributed by atoms with Crippen LogP contribution in [0.3, 0.4) is 0 Å². The Balaban J connectivity index is 1.59. The van der Waals surface area contributed by atoms with Crippen LogP contribution in [0.15, 0.2) is 23.4 Å². The Labute approximate surface area is 164 Å². The first-order valence-corrected chi connectivity index (χ1v) is 10.9. The second-order valence-electron chi connectivity index (χ2n) is 6.72. The molecule has 25 heavy (non-hydrogen) atoms. The highest BCUT2D eigenvalue weighted by Gasteiger charge is 2.16. The van der Waals surface area contributed by atoms with Crippen molar-refractivity contribution in [3.63, 3.8) is 0 Å². The van der Waals surface area contributed by atoms with Gasteiger partial charge in [0.15, 0.2) is 5.16 Å². The molecule has 0 unspecified atom stereocenters. The van der Waals surface area contributed by atoms with E-state index in [0.29, 0.717) is 10.0 Å². The van der Waals surface area contributed by atoms with E-state index in [0.717, 1.165) is 41.2 Å². The molecule has 0 N–H and O–H groups in total. The Kier molecular flexibility index (Phi) is 7.08. The van der Waals surface area contributed by atoms with E-state index in [1.54, 1.807) is 11.8 Å². The van der Waals surface area contributed by atoms with Gasteiger partial charge >= 0.3 is 0 Å². The molecule has 1 aliphatic rings. The van der Waals surface area contributed by atoms with Gasteiger partial charge in [0.2, 0.25) is 0 Å². The smallest absolute Gasteiger partial charge is 0.191 e. The van der Waals surface area contributed by atoms with Crippen molar-refractivity contribution < 1.29 is 0 Å².